The van der Waals surface area contributed by atoms with Gasteiger partial charge in [-0.15, -0.1) is 0 Å². The van der Waals surface area contributed by atoms with Gasteiger partial charge in [0.15, 0.2) is 5.65 Å². The van der Waals surface area contributed by atoms with Crippen LogP contribution in [-0.2, 0) is 0 Å². The predicted molar refractivity (Wildman–Crippen MR) is 97.6 cm³/mol. The van der Waals surface area contributed by atoms with Gasteiger partial charge in [-0.05, 0) is 39.7 Å². The Labute approximate surface area is 148 Å². The summed E-state index contributed by atoms with van der Waals surface area (Å²) in [7, 11) is 0. The number of amides is 1. The zero-order chi connectivity index (χ0) is 18.0. The number of nitrogens with one attached hydrogen (secondary N) is 1. The lowest BCUT2D eigenvalue weighted by Crippen LogP contribution is -2.41. The second kappa shape index (κ2) is 7.52. The Balaban J connectivity index is 1.91. The summed E-state index contributed by atoms with van der Waals surface area (Å²) in [4.78, 5) is 17.5. The SMILES string of the molecule is Cc1cc(C(=O)NC2CCCCCC2CO)c2cnn(C(C)C)c2n1. The summed E-state index contributed by atoms with van der Waals surface area (Å²) in [6.07, 6.45) is 7.01. The maximum absolute atomic E-state index is 13.0. The highest BCUT2D eigenvalue weighted by Gasteiger charge is 2.26. The fourth-order valence-electron chi connectivity index (χ4n) is 3.75. The minimum absolute atomic E-state index is 0.0312. The molecular formula is C19H28N4O2. The second-order valence-electron chi connectivity index (χ2n) is 7.39. The number of hydrogen-bond donors (Lipinski definition) is 2. The number of pyridine rings is 1. The summed E-state index contributed by atoms with van der Waals surface area (Å²) < 4.78 is 1.85. The zero-order valence-electron chi connectivity index (χ0n) is 15.3. The molecule has 2 heterocycles. The standard InChI is InChI=1S/C19H28N4O2/c1-12(2)23-18-16(10-20-23)15(9-13(3)21-18)19(25)22-17-8-6-4-5-7-14(17)11-24/h9-10,12,14,17,24H,4-8,11H2,1-3H3,(H,22,25). The van der Waals surface area contributed by atoms with Crippen LogP contribution in [0.4, 0.5) is 0 Å². The maximum atomic E-state index is 13.0. The lowest BCUT2D eigenvalue weighted by Gasteiger charge is -2.24. The molecule has 6 nitrogen and oxygen atoms in total. The first-order valence-corrected chi connectivity index (χ1v) is 9.28. The van der Waals surface area contributed by atoms with Gasteiger partial charge in [0.1, 0.15) is 0 Å². The first-order valence-electron chi connectivity index (χ1n) is 9.28. The third-order valence-electron chi connectivity index (χ3n) is 5.14. The molecule has 2 atom stereocenters. The van der Waals surface area contributed by atoms with Gasteiger partial charge in [-0.25, -0.2) is 9.67 Å². The molecule has 25 heavy (non-hydrogen) atoms. The van der Waals surface area contributed by atoms with Crippen molar-refractivity contribution in [2.24, 2.45) is 5.92 Å². The highest BCUT2D eigenvalue weighted by molar-refractivity contribution is 6.05. The Kier molecular flexibility index (Phi) is 5.37. The van der Waals surface area contributed by atoms with Crippen molar-refractivity contribution < 1.29 is 9.90 Å². The Bertz CT molecular complexity index is 753. The van der Waals surface area contributed by atoms with E-state index in [-0.39, 0.29) is 30.5 Å². The molecule has 0 spiro atoms. The Morgan fingerprint density at radius 3 is 2.84 bits per heavy atom. The molecule has 3 rings (SSSR count). The van der Waals surface area contributed by atoms with Gasteiger partial charge in [-0.3, -0.25) is 4.79 Å². The quantitative estimate of drug-likeness (QED) is 0.836. The summed E-state index contributed by atoms with van der Waals surface area (Å²) in [5.74, 6) is 0.0485. The van der Waals surface area contributed by atoms with Crippen molar-refractivity contribution in [2.75, 3.05) is 6.61 Å². The number of aryl methyl sites for hydroxylation is 1. The largest absolute Gasteiger partial charge is 0.396 e. The van der Waals surface area contributed by atoms with Crippen molar-refractivity contribution in [3.8, 4) is 0 Å². The van der Waals surface area contributed by atoms with Crippen LogP contribution in [0.15, 0.2) is 12.3 Å². The van der Waals surface area contributed by atoms with E-state index in [1.165, 1.54) is 6.42 Å². The first-order chi connectivity index (χ1) is 12.0. The monoisotopic (exact) mass is 344 g/mol. The van der Waals surface area contributed by atoms with Gasteiger partial charge < -0.3 is 10.4 Å². The Morgan fingerprint density at radius 2 is 2.12 bits per heavy atom. The number of carbonyl (C=O) groups is 1. The topological polar surface area (TPSA) is 80.0 Å². The molecule has 6 heteroatoms. The van der Waals surface area contributed by atoms with Crippen molar-refractivity contribution in [1.82, 2.24) is 20.1 Å². The molecule has 0 radical (unpaired) electrons. The summed E-state index contributed by atoms with van der Waals surface area (Å²) in [5, 5.41) is 18.0. The van der Waals surface area contributed by atoms with Crippen LogP contribution in [-0.4, -0.2) is 38.4 Å². The molecule has 1 saturated carbocycles. The molecule has 1 fully saturated rings. The van der Waals surface area contributed by atoms with Crippen LogP contribution in [0.1, 0.15) is 68.0 Å². The maximum Gasteiger partial charge on any atom is 0.252 e. The molecule has 2 aromatic rings. The van der Waals surface area contributed by atoms with Crippen molar-refractivity contribution >= 4 is 16.9 Å². The minimum Gasteiger partial charge on any atom is -0.396 e. The molecule has 1 aliphatic carbocycles. The predicted octanol–water partition coefficient (Wildman–Crippen LogP) is 2.99. The summed E-state index contributed by atoms with van der Waals surface area (Å²) >= 11 is 0. The van der Waals surface area contributed by atoms with Gasteiger partial charge in [0, 0.05) is 30.3 Å². The van der Waals surface area contributed by atoms with Crippen molar-refractivity contribution in [3.05, 3.63) is 23.5 Å². The fourth-order valence-corrected chi connectivity index (χ4v) is 3.75. The van der Waals surface area contributed by atoms with Gasteiger partial charge in [0.05, 0.1) is 17.1 Å². The van der Waals surface area contributed by atoms with Gasteiger partial charge in [-0.2, -0.15) is 5.10 Å². The van der Waals surface area contributed by atoms with Gasteiger partial charge in [-0.1, -0.05) is 19.3 Å². The lowest BCUT2D eigenvalue weighted by molar-refractivity contribution is 0.0901. The van der Waals surface area contributed by atoms with Crippen molar-refractivity contribution in [3.63, 3.8) is 0 Å². The smallest absolute Gasteiger partial charge is 0.252 e. The third-order valence-corrected chi connectivity index (χ3v) is 5.14. The minimum atomic E-state index is -0.0934. The number of hydrogen-bond acceptors (Lipinski definition) is 4. The van der Waals surface area contributed by atoms with Gasteiger partial charge in [0.25, 0.3) is 5.91 Å². The number of nitrogens with zero attached hydrogens (tertiary/aromatic N) is 3. The van der Waals surface area contributed by atoms with Crippen molar-refractivity contribution in [1.29, 1.82) is 0 Å². The molecule has 0 aromatic carbocycles. The highest BCUT2D eigenvalue weighted by atomic mass is 16.3. The average Bonchev–Trinajstić information content (AvgIpc) is 2.87. The number of rotatable bonds is 4. The van der Waals surface area contributed by atoms with E-state index in [0.717, 1.165) is 42.4 Å². The summed E-state index contributed by atoms with van der Waals surface area (Å²) in [6.45, 7) is 6.12. The average molecular weight is 344 g/mol. The van der Waals surface area contributed by atoms with Crippen LogP contribution >= 0.6 is 0 Å². The number of fused-ring (bicyclic) bond motifs is 1. The highest BCUT2D eigenvalue weighted by Crippen LogP contribution is 2.25. The number of aliphatic hydroxyl groups excluding tert-OH is 1. The van der Waals surface area contributed by atoms with Crippen LogP contribution in [0.2, 0.25) is 0 Å². The van der Waals surface area contributed by atoms with E-state index < -0.39 is 0 Å². The Morgan fingerprint density at radius 1 is 1.36 bits per heavy atom. The number of aromatic nitrogens is 3. The van der Waals surface area contributed by atoms with E-state index >= 15 is 0 Å². The van der Waals surface area contributed by atoms with Gasteiger partial charge in [0.2, 0.25) is 0 Å². The molecule has 1 aliphatic rings. The van der Waals surface area contributed by atoms with Crippen LogP contribution in [0.3, 0.4) is 0 Å². The van der Waals surface area contributed by atoms with E-state index in [1.807, 2.05) is 31.5 Å². The molecule has 0 bridgehead atoms. The van der Waals surface area contributed by atoms with Crippen LogP contribution < -0.4 is 5.32 Å². The normalized spacial score (nSPS) is 21.5. The molecular weight excluding hydrogens is 316 g/mol. The molecule has 0 aliphatic heterocycles. The van der Waals surface area contributed by atoms with Gasteiger partial charge >= 0.3 is 0 Å². The van der Waals surface area contributed by atoms with E-state index in [1.54, 1.807) is 6.20 Å². The first kappa shape index (κ1) is 17.9. The lowest BCUT2D eigenvalue weighted by atomic mass is 9.95. The van der Waals surface area contributed by atoms with Crippen LogP contribution in [0.5, 0.6) is 0 Å². The van der Waals surface area contributed by atoms with E-state index in [2.05, 4.69) is 15.4 Å². The van der Waals surface area contributed by atoms with E-state index in [9.17, 15) is 9.90 Å². The summed E-state index contributed by atoms with van der Waals surface area (Å²) in [5.41, 5.74) is 2.18. The summed E-state index contributed by atoms with van der Waals surface area (Å²) in [6, 6.07) is 2.04. The molecule has 2 unspecified atom stereocenters. The van der Waals surface area contributed by atoms with Crippen LogP contribution in [0, 0.1) is 12.8 Å². The third kappa shape index (κ3) is 3.68. The van der Waals surface area contributed by atoms with E-state index in [4.69, 9.17) is 0 Å². The zero-order valence-corrected chi connectivity index (χ0v) is 15.3. The number of carbonyl (C=O) groups excluding carboxylic acids is 1. The molecule has 0 saturated heterocycles. The Hall–Kier alpha value is -1.95. The fraction of sp³-hybridized carbons (Fsp3) is 0.632. The second-order valence-corrected chi connectivity index (χ2v) is 7.39. The number of aliphatic hydroxyl groups is 1. The van der Waals surface area contributed by atoms with Crippen LogP contribution in [0.25, 0.3) is 11.0 Å². The molecule has 136 valence electrons. The van der Waals surface area contributed by atoms with E-state index in [0.29, 0.717) is 5.56 Å². The molecule has 2 aromatic heterocycles. The van der Waals surface area contributed by atoms with Crippen molar-refractivity contribution in [2.45, 2.75) is 65.0 Å². The molecule has 1 amide bonds. The molecule has 2 N–H and O–H groups in total.